The first-order chi connectivity index (χ1) is 10.2. The van der Waals surface area contributed by atoms with Crippen LogP contribution in [0.1, 0.15) is 16.7 Å². The highest BCUT2D eigenvalue weighted by Crippen LogP contribution is 2.33. The van der Waals surface area contributed by atoms with Crippen molar-refractivity contribution in [2.45, 2.75) is 13.1 Å². The Hall–Kier alpha value is -2.69. The van der Waals surface area contributed by atoms with Gasteiger partial charge in [-0.2, -0.15) is 0 Å². The lowest BCUT2D eigenvalue weighted by Crippen LogP contribution is -2.22. The minimum atomic E-state index is 0.101. The van der Waals surface area contributed by atoms with Crippen molar-refractivity contribution in [3.05, 3.63) is 59.2 Å². The zero-order valence-electron chi connectivity index (χ0n) is 11.8. The fraction of sp³-hybridized carbons (Fsp3) is 0.188. The summed E-state index contributed by atoms with van der Waals surface area (Å²) in [5, 5.41) is 12.1. The van der Waals surface area contributed by atoms with Crippen molar-refractivity contribution in [3.63, 3.8) is 0 Å². The van der Waals surface area contributed by atoms with Gasteiger partial charge in [-0.15, -0.1) is 0 Å². The fourth-order valence-electron chi connectivity index (χ4n) is 2.67. The SMILES string of the molecule is COc1ccc(/C(N)=N/O)c(N2Cc3ccccc3C2)c1. The minimum absolute atomic E-state index is 0.101. The normalized spacial score (nSPS) is 14.1. The maximum Gasteiger partial charge on any atom is 0.172 e. The predicted octanol–water partition coefficient (Wildman–Crippen LogP) is 2.31. The minimum Gasteiger partial charge on any atom is -0.497 e. The van der Waals surface area contributed by atoms with Gasteiger partial charge in [0.1, 0.15) is 5.75 Å². The molecule has 5 heteroatoms. The van der Waals surface area contributed by atoms with Gasteiger partial charge in [0.2, 0.25) is 0 Å². The van der Waals surface area contributed by atoms with E-state index in [1.54, 1.807) is 13.2 Å². The Bertz CT molecular complexity index is 673. The first-order valence-electron chi connectivity index (χ1n) is 6.70. The van der Waals surface area contributed by atoms with Gasteiger partial charge in [-0.25, -0.2) is 0 Å². The Morgan fingerprint density at radius 3 is 2.43 bits per heavy atom. The molecule has 108 valence electrons. The van der Waals surface area contributed by atoms with Crippen LogP contribution in [0.3, 0.4) is 0 Å². The summed E-state index contributed by atoms with van der Waals surface area (Å²) >= 11 is 0. The van der Waals surface area contributed by atoms with Crippen LogP contribution in [0.15, 0.2) is 47.6 Å². The number of nitrogens with zero attached hydrogens (tertiary/aromatic N) is 2. The number of oxime groups is 1. The number of hydrogen-bond donors (Lipinski definition) is 2. The third kappa shape index (κ3) is 2.38. The molecule has 0 fully saturated rings. The van der Waals surface area contributed by atoms with Gasteiger partial charge in [-0.1, -0.05) is 29.4 Å². The van der Waals surface area contributed by atoms with Gasteiger partial charge in [-0.3, -0.25) is 0 Å². The second kappa shape index (κ2) is 5.36. The number of ether oxygens (including phenoxy) is 1. The molecule has 0 aromatic heterocycles. The highest BCUT2D eigenvalue weighted by molar-refractivity contribution is 6.02. The van der Waals surface area contributed by atoms with Crippen LogP contribution in [0, 0.1) is 0 Å². The first-order valence-corrected chi connectivity index (χ1v) is 6.70. The molecule has 0 aliphatic carbocycles. The summed E-state index contributed by atoms with van der Waals surface area (Å²) in [6.45, 7) is 1.60. The molecule has 0 radical (unpaired) electrons. The summed E-state index contributed by atoms with van der Waals surface area (Å²) in [7, 11) is 1.63. The van der Waals surface area contributed by atoms with Crippen LogP contribution < -0.4 is 15.4 Å². The molecule has 0 saturated carbocycles. The van der Waals surface area contributed by atoms with Gasteiger partial charge in [0.05, 0.1) is 12.8 Å². The molecular formula is C16H17N3O2. The van der Waals surface area contributed by atoms with Crippen LogP contribution in [0.2, 0.25) is 0 Å². The smallest absolute Gasteiger partial charge is 0.172 e. The van der Waals surface area contributed by atoms with E-state index in [4.69, 9.17) is 15.7 Å². The zero-order chi connectivity index (χ0) is 14.8. The molecular weight excluding hydrogens is 266 g/mol. The predicted molar refractivity (Wildman–Crippen MR) is 81.8 cm³/mol. The van der Waals surface area contributed by atoms with Crippen molar-refractivity contribution in [2.24, 2.45) is 10.9 Å². The third-order valence-corrected chi connectivity index (χ3v) is 3.77. The monoisotopic (exact) mass is 283 g/mol. The summed E-state index contributed by atoms with van der Waals surface area (Å²) in [6.07, 6.45) is 0. The molecule has 0 atom stereocenters. The molecule has 21 heavy (non-hydrogen) atoms. The highest BCUT2D eigenvalue weighted by Gasteiger charge is 2.22. The average Bonchev–Trinajstić information content (AvgIpc) is 2.97. The van der Waals surface area contributed by atoms with Crippen molar-refractivity contribution in [1.82, 2.24) is 0 Å². The largest absolute Gasteiger partial charge is 0.497 e. The Balaban J connectivity index is 2.02. The molecule has 0 amide bonds. The van der Waals surface area contributed by atoms with Crippen LogP contribution in [0.25, 0.3) is 0 Å². The first kappa shape index (κ1) is 13.3. The van der Waals surface area contributed by atoms with E-state index in [0.29, 0.717) is 5.56 Å². The summed E-state index contributed by atoms with van der Waals surface area (Å²) in [6, 6.07) is 13.9. The molecule has 1 aliphatic heterocycles. The molecule has 0 unspecified atom stereocenters. The van der Waals surface area contributed by atoms with Gasteiger partial charge in [0.15, 0.2) is 5.84 Å². The number of fused-ring (bicyclic) bond motifs is 1. The second-order valence-electron chi connectivity index (χ2n) is 4.99. The Labute approximate surface area is 123 Å². The van der Waals surface area contributed by atoms with Crippen molar-refractivity contribution >= 4 is 11.5 Å². The topological polar surface area (TPSA) is 71.1 Å². The number of amidine groups is 1. The number of nitrogens with two attached hydrogens (primary N) is 1. The van der Waals surface area contributed by atoms with Crippen molar-refractivity contribution in [2.75, 3.05) is 12.0 Å². The van der Waals surface area contributed by atoms with Crippen LogP contribution in [0.4, 0.5) is 5.69 Å². The Morgan fingerprint density at radius 2 is 1.86 bits per heavy atom. The summed E-state index contributed by atoms with van der Waals surface area (Å²) in [5.74, 6) is 0.846. The summed E-state index contributed by atoms with van der Waals surface area (Å²) < 4.78 is 5.29. The van der Waals surface area contributed by atoms with Crippen LogP contribution in [-0.4, -0.2) is 18.2 Å². The Kier molecular flexibility index (Phi) is 3.39. The number of benzene rings is 2. The molecule has 2 aromatic rings. The van der Waals surface area contributed by atoms with Gasteiger partial charge in [0.25, 0.3) is 0 Å². The molecule has 2 aromatic carbocycles. The van der Waals surface area contributed by atoms with E-state index in [2.05, 4.69) is 22.2 Å². The van der Waals surface area contributed by atoms with E-state index in [1.807, 2.05) is 24.3 Å². The lowest BCUT2D eigenvalue weighted by molar-refractivity contribution is 0.318. The number of anilines is 1. The van der Waals surface area contributed by atoms with Crippen LogP contribution in [-0.2, 0) is 13.1 Å². The van der Waals surface area contributed by atoms with Gasteiger partial charge in [0, 0.05) is 24.7 Å². The molecule has 3 N–H and O–H groups in total. The average molecular weight is 283 g/mol. The van der Waals surface area contributed by atoms with E-state index in [9.17, 15) is 0 Å². The lowest BCUT2D eigenvalue weighted by atomic mass is 10.1. The van der Waals surface area contributed by atoms with E-state index < -0.39 is 0 Å². The van der Waals surface area contributed by atoms with Gasteiger partial charge < -0.3 is 20.6 Å². The molecule has 0 spiro atoms. The van der Waals surface area contributed by atoms with E-state index in [0.717, 1.165) is 24.5 Å². The highest BCUT2D eigenvalue weighted by atomic mass is 16.5. The molecule has 0 saturated heterocycles. The number of rotatable bonds is 3. The van der Waals surface area contributed by atoms with E-state index in [1.165, 1.54) is 11.1 Å². The fourth-order valence-corrected chi connectivity index (χ4v) is 2.67. The lowest BCUT2D eigenvalue weighted by Gasteiger charge is -2.21. The standard InChI is InChI=1S/C16H17N3O2/c1-21-13-6-7-14(16(17)18-20)15(8-13)19-9-11-4-2-3-5-12(11)10-19/h2-8,20H,9-10H2,1H3,(H2,17,18). The summed E-state index contributed by atoms with van der Waals surface area (Å²) in [4.78, 5) is 2.19. The van der Waals surface area contributed by atoms with Crippen LogP contribution >= 0.6 is 0 Å². The number of hydrogen-bond acceptors (Lipinski definition) is 4. The quantitative estimate of drug-likeness (QED) is 0.392. The van der Waals surface area contributed by atoms with E-state index >= 15 is 0 Å². The maximum atomic E-state index is 8.97. The maximum absolute atomic E-state index is 8.97. The Morgan fingerprint density at radius 1 is 1.19 bits per heavy atom. The second-order valence-corrected chi connectivity index (χ2v) is 4.99. The van der Waals surface area contributed by atoms with Crippen LogP contribution in [0.5, 0.6) is 5.75 Å². The molecule has 1 heterocycles. The summed E-state index contributed by atoms with van der Waals surface area (Å²) in [5.41, 5.74) is 9.99. The molecule has 0 bridgehead atoms. The molecule has 5 nitrogen and oxygen atoms in total. The van der Waals surface area contributed by atoms with Crippen molar-refractivity contribution in [1.29, 1.82) is 0 Å². The van der Waals surface area contributed by atoms with Crippen molar-refractivity contribution in [3.8, 4) is 5.75 Å². The van der Waals surface area contributed by atoms with Crippen molar-refractivity contribution < 1.29 is 9.94 Å². The zero-order valence-corrected chi connectivity index (χ0v) is 11.8. The van der Waals surface area contributed by atoms with E-state index in [-0.39, 0.29) is 5.84 Å². The third-order valence-electron chi connectivity index (χ3n) is 3.77. The molecule has 3 rings (SSSR count). The van der Waals surface area contributed by atoms with Gasteiger partial charge in [-0.05, 0) is 23.3 Å². The number of methoxy groups -OCH3 is 1. The molecule has 1 aliphatic rings. The van der Waals surface area contributed by atoms with Gasteiger partial charge >= 0.3 is 0 Å².